The lowest BCUT2D eigenvalue weighted by atomic mass is 10.1. The number of hydrogen-bond donors (Lipinski definition) is 2. The maximum absolute atomic E-state index is 12.1. The van der Waals surface area contributed by atoms with E-state index in [1.54, 1.807) is 4.90 Å². The zero-order chi connectivity index (χ0) is 15.9. The van der Waals surface area contributed by atoms with Crippen LogP contribution < -0.4 is 10.2 Å². The van der Waals surface area contributed by atoms with Crippen molar-refractivity contribution in [3.05, 3.63) is 29.8 Å². The highest BCUT2D eigenvalue weighted by Crippen LogP contribution is 2.25. The summed E-state index contributed by atoms with van der Waals surface area (Å²) in [7, 11) is 0. The van der Waals surface area contributed by atoms with Crippen molar-refractivity contribution in [2.45, 2.75) is 32.6 Å². The van der Waals surface area contributed by atoms with Gasteiger partial charge in [-0.05, 0) is 30.5 Å². The van der Waals surface area contributed by atoms with Crippen molar-refractivity contribution in [3.63, 3.8) is 0 Å². The molecule has 2 amide bonds. The number of nitrogens with zero attached hydrogens (tertiary/aromatic N) is 1. The van der Waals surface area contributed by atoms with E-state index in [2.05, 4.69) is 24.4 Å². The first-order chi connectivity index (χ1) is 10.7. The first-order valence-electron chi connectivity index (χ1n) is 7.93. The predicted molar refractivity (Wildman–Crippen MR) is 85.6 cm³/mol. The molecule has 0 aliphatic carbocycles. The second-order valence-electron chi connectivity index (χ2n) is 5.69. The molecule has 1 aromatic carbocycles. The third kappa shape index (κ3) is 4.07. The van der Waals surface area contributed by atoms with E-state index < -0.39 is 0 Å². The first kappa shape index (κ1) is 16.5. The summed E-state index contributed by atoms with van der Waals surface area (Å²) in [5, 5.41) is 11.4. The van der Waals surface area contributed by atoms with Crippen molar-refractivity contribution in [1.82, 2.24) is 5.32 Å². The Bertz CT molecular complexity index is 513. The fraction of sp³-hybridized carbons (Fsp3) is 0.529. The number of amides is 2. The van der Waals surface area contributed by atoms with Gasteiger partial charge in [0.05, 0.1) is 12.5 Å². The number of aliphatic hydroxyl groups is 1. The molecule has 120 valence electrons. The van der Waals surface area contributed by atoms with Crippen LogP contribution in [0.1, 0.15) is 31.7 Å². The standard InChI is InChI=1S/C17H24N2O3/c1-2-3-4-13-5-7-15(8-6-13)19-12-14(11-16(19)21)17(22)18-9-10-20/h5-8,14,20H,2-4,9-12H2,1H3,(H,18,22). The average Bonchev–Trinajstić information content (AvgIpc) is 2.93. The van der Waals surface area contributed by atoms with Gasteiger partial charge < -0.3 is 15.3 Å². The summed E-state index contributed by atoms with van der Waals surface area (Å²) >= 11 is 0. The Kier molecular flexibility index (Phi) is 5.95. The average molecular weight is 304 g/mol. The number of nitrogens with one attached hydrogen (secondary N) is 1. The van der Waals surface area contributed by atoms with Gasteiger partial charge in [0, 0.05) is 25.2 Å². The van der Waals surface area contributed by atoms with Gasteiger partial charge in [-0.1, -0.05) is 25.5 Å². The Morgan fingerprint density at radius 2 is 2.09 bits per heavy atom. The molecule has 5 heteroatoms. The van der Waals surface area contributed by atoms with Crippen LogP contribution >= 0.6 is 0 Å². The van der Waals surface area contributed by atoms with E-state index in [-0.39, 0.29) is 37.3 Å². The number of rotatable bonds is 7. The quantitative estimate of drug-likeness (QED) is 0.802. The summed E-state index contributed by atoms with van der Waals surface area (Å²) in [6, 6.07) is 8.02. The van der Waals surface area contributed by atoms with Crippen molar-refractivity contribution in [2.75, 3.05) is 24.6 Å². The normalized spacial score (nSPS) is 17.8. The van der Waals surface area contributed by atoms with Crippen LogP contribution in [-0.2, 0) is 16.0 Å². The van der Waals surface area contributed by atoms with Crippen molar-refractivity contribution >= 4 is 17.5 Å². The molecule has 0 spiro atoms. The van der Waals surface area contributed by atoms with E-state index in [0.717, 1.165) is 24.9 Å². The lowest BCUT2D eigenvalue weighted by Gasteiger charge is -2.17. The van der Waals surface area contributed by atoms with Gasteiger partial charge in [0.2, 0.25) is 11.8 Å². The highest BCUT2D eigenvalue weighted by atomic mass is 16.3. The Labute approximate surface area is 131 Å². The largest absolute Gasteiger partial charge is 0.395 e. The molecule has 1 aliphatic heterocycles. The maximum Gasteiger partial charge on any atom is 0.227 e. The Balaban J connectivity index is 1.97. The zero-order valence-corrected chi connectivity index (χ0v) is 13.0. The Hall–Kier alpha value is -1.88. The van der Waals surface area contributed by atoms with Crippen LogP contribution in [0, 0.1) is 5.92 Å². The molecule has 1 atom stereocenters. The van der Waals surface area contributed by atoms with E-state index in [9.17, 15) is 9.59 Å². The number of carbonyl (C=O) groups excluding carboxylic acids is 2. The number of anilines is 1. The molecule has 1 aromatic rings. The first-order valence-corrected chi connectivity index (χ1v) is 7.93. The number of aryl methyl sites for hydroxylation is 1. The SMILES string of the molecule is CCCCc1ccc(N2CC(C(=O)NCCO)CC2=O)cc1. The molecule has 1 saturated heterocycles. The van der Waals surface area contributed by atoms with Crippen LogP contribution in [0.4, 0.5) is 5.69 Å². The molecule has 2 N–H and O–H groups in total. The molecular formula is C17H24N2O3. The van der Waals surface area contributed by atoms with Crippen molar-refractivity contribution in [1.29, 1.82) is 0 Å². The number of benzene rings is 1. The monoisotopic (exact) mass is 304 g/mol. The van der Waals surface area contributed by atoms with E-state index in [1.807, 2.05) is 12.1 Å². The lowest BCUT2D eigenvalue weighted by Crippen LogP contribution is -2.34. The molecule has 1 heterocycles. The van der Waals surface area contributed by atoms with Crippen LogP contribution in [0.2, 0.25) is 0 Å². The van der Waals surface area contributed by atoms with Crippen LogP contribution in [0.5, 0.6) is 0 Å². The fourth-order valence-corrected chi connectivity index (χ4v) is 2.68. The Morgan fingerprint density at radius 1 is 1.36 bits per heavy atom. The molecular weight excluding hydrogens is 280 g/mol. The number of carbonyl (C=O) groups is 2. The van der Waals surface area contributed by atoms with Gasteiger partial charge in [0.1, 0.15) is 0 Å². The molecule has 1 aliphatic rings. The van der Waals surface area contributed by atoms with Gasteiger partial charge in [0.15, 0.2) is 0 Å². The molecule has 22 heavy (non-hydrogen) atoms. The van der Waals surface area contributed by atoms with Gasteiger partial charge in [-0.25, -0.2) is 0 Å². The number of hydrogen-bond acceptors (Lipinski definition) is 3. The van der Waals surface area contributed by atoms with Gasteiger partial charge in [-0.2, -0.15) is 0 Å². The van der Waals surface area contributed by atoms with Crippen LogP contribution in [-0.4, -0.2) is 36.6 Å². The molecule has 0 aromatic heterocycles. The minimum absolute atomic E-state index is 0.0227. The van der Waals surface area contributed by atoms with Crippen molar-refractivity contribution < 1.29 is 14.7 Å². The molecule has 2 rings (SSSR count). The maximum atomic E-state index is 12.1. The van der Waals surface area contributed by atoms with Crippen molar-refractivity contribution in [2.24, 2.45) is 5.92 Å². The van der Waals surface area contributed by atoms with Crippen LogP contribution in [0.15, 0.2) is 24.3 Å². The third-order valence-corrected chi connectivity index (χ3v) is 3.97. The smallest absolute Gasteiger partial charge is 0.227 e. The van der Waals surface area contributed by atoms with Crippen LogP contribution in [0.3, 0.4) is 0 Å². The number of unbranched alkanes of at least 4 members (excludes halogenated alkanes) is 1. The molecule has 0 saturated carbocycles. The fourth-order valence-electron chi connectivity index (χ4n) is 2.68. The topological polar surface area (TPSA) is 69.6 Å². The van der Waals surface area contributed by atoms with Gasteiger partial charge in [0.25, 0.3) is 0 Å². The Morgan fingerprint density at radius 3 is 2.73 bits per heavy atom. The van der Waals surface area contributed by atoms with E-state index in [4.69, 9.17) is 5.11 Å². The zero-order valence-electron chi connectivity index (χ0n) is 13.0. The number of aliphatic hydroxyl groups excluding tert-OH is 1. The lowest BCUT2D eigenvalue weighted by molar-refractivity contribution is -0.126. The molecule has 5 nitrogen and oxygen atoms in total. The minimum atomic E-state index is -0.334. The summed E-state index contributed by atoms with van der Waals surface area (Å²) in [5.41, 5.74) is 2.12. The summed E-state index contributed by atoms with van der Waals surface area (Å²) in [6.07, 6.45) is 3.61. The van der Waals surface area contributed by atoms with E-state index in [0.29, 0.717) is 6.54 Å². The second kappa shape index (κ2) is 7.94. The molecule has 1 fully saturated rings. The van der Waals surface area contributed by atoms with Gasteiger partial charge in [-0.15, -0.1) is 0 Å². The predicted octanol–water partition coefficient (Wildman–Crippen LogP) is 1.49. The molecule has 0 radical (unpaired) electrons. The summed E-state index contributed by atoms with van der Waals surface area (Å²) in [6.45, 7) is 2.72. The van der Waals surface area contributed by atoms with E-state index in [1.165, 1.54) is 5.56 Å². The van der Waals surface area contributed by atoms with Crippen molar-refractivity contribution in [3.8, 4) is 0 Å². The molecule has 0 bridgehead atoms. The molecule has 1 unspecified atom stereocenters. The third-order valence-electron chi connectivity index (χ3n) is 3.97. The van der Waals surface area contributed by atoms with E-state index >= 15 is 0 Å². The minimum Gasteiger partial charge on any atom is -0.395 e. The highest BCUT2D eigenvalue weighted by molar-refractivity contribution is 6.00. The summed E-state index contributed by atoms with van der Waals surface area (Å²) < 4.78 is 0. The second-order valence-corrected chi connectivity index (χ2v) is 5.69. The highest BCUT2D eigenvalue weighted by Gasteiger charge is 2.34. The summed E-state index contributed by atoms with van der Waals surface area (Å²) in [4.78, 5) is 25.7. The van der Waals surface area contributed by atoms with Gasteiger partial charge in [-0.3, -0.25) is 9.59 Å². The summed E-state index contributed by atoms with van der Waals surface area (Å²) in [5.74, 6) is -0.520. The van der Waals surface area contributed by atoms with Crippen LogP contribution in [0.25, 0.3) is 0 Å². The van der Waals surface area contributed by atoms with Gasteiger partial charge >= 0.3 is 0 Å².